The van der Waals surface area contributed by atoms with E-state index >= 15 is 0 Å². The van der Waals surface area contributed by atoms with Crippen molar-refractivity contribution in [2.45, 2.75) is 13.5 Å². The van der Waals surface area contributed by atoms with Crippen LogP contribution in [0.3, 0.4) is 0 Å². The maximum absolute atomic E-state index is 3.17. The van der Waals surface area contributed by atoms with Gasteiger partial charge in [-0.05, 0) is 41.6 Å². The fraction of sp³-hybridized carbons (Fsp3) is 0.286. The highest BCUT2D eigenvalue weighted by atomic mass is 32.1. The lowest BCUT2D eigenvalue weighted by Gasteiger charge is -2.19. The van der Waals surface area contributed by atoms with Gasteiger partial charge in [0.15, 0.2) is 0 Å². The molecule has 2 nitrogen and oxygen atoms in total. The van der Waals surface area contributed by atoms with Crippen LogP contribution in [0, 0.1) is 6.92 Å². The van der Waals surface area contributed by atoms with Crippen LogP contribution in [0.15, 0.2) is 35.7 Å². The van der Waals surface area contributed by atoms with Crippen molar-refractivity contribution in [3.63, 3.8) is 0 Å². The third kappa shape index (κ3) is 2.80. The van der Waals surface area contributed by atoms with E-state index in [1.165, 1.54) is 21.8 Å². The molecule has 0 fully saturated rings. The second kappa shape index (κ2) is 5.23. The Morgan fingerprint density at radius 3 is 2.76 bits per heavy atom. The number of aryl methyl sites for hydroxylation is 1. The average molecular weight is 246 g/mol. The minimum absolute atomic E-state index is 0.941. The van der Waals surface area contributed by atoms with Gasteiger partial charge in [0.1, 0.15) is 0 Å². The number of nitrogens with zero attached hydrogens (tertiary/aromatic N) is 1. The van der Waals surface area contributed by atoms with E-state index in [4.69, 9.17) is 0 Å². The third-order valence-electron chi connectivity index (χ3n) is 2.82. The lowest BCUT2D eigenvalue weighted by molar-refractivity contribution is 0.930. The lowest BCUT2D eigenvalue weighted by atomic mass is 10.2. The summed E-state index contributed by atoms with van der Waals surface area (Å²) in [6, 6.07) is 10.7. The van der Waals surface area contributed by atoms with Gasteiger partial charge >= 0.3 is 0 Å². The molecular formula is C14H18N2S. The van der Waals surface area contributed by atoms with E-state index in [-0.39, 0.29) is 0 Å². The van der Waals surface area contributed by atoms with Crippen LogP contribution in [-0.2, 0) is 6.54 Å². The molecule has 2 aromatic rings. The van der Waals surface area contributed by atoms with Crippen LogP contribution in [0.25, 0.3) is 0 Å². The molecule has 17 heavy (non-hydrogen) atoms. The molecule has 0 unspecified atom stereocenters. The summed E-state index contributed by atoms with van der Waals surface area (Å²) < 4.78 is 0. The van der Waals surface area contributed by atoms with Crippen molar-refractivity contribution in [3.8, 4) is 0 Å². The van der Waals surface area contributed by atoms with Gasteiger partial charge in [-0.25, -0.2) is 0 Å². The molecule has 1 aromatic heterocycles. The molecule has 0 spiro atoms. The number of nitrogens with one attached hydrogen (secondary N) is 1. The van der Waals surface area contributed by atoms with Gasteiger partial charge < -0.3 is 10.2 Å². The predicted octanol–water partition coefficient (Wildman–Crippen LogP) is 3.73. The largest absolute Gasteiger partial charge is 0.388 e. The molecule has 0 radical (unpaired) electrons. The zero-order valence-corrected chi connectivity index (χ0v) is 11.3. The van der Waals surface area contributed by atoms with Gasteiger partial charge in [0, 0.05) is 26.3 Å². The van der Waals surface area contributed by atoms with Crippen molar-refractivity contribution in [3.05, 3.63) is 46.8 Å². The first-order valence-electron chi connectivity index (χ1n) is 5.72. The van der Waals surface area contributed by atoms with Crippen molar-refractivity contribution in [2.75, 3.05) is 24.3 Å². The molecule has 1 heterocycles. The molecule has 2 rings (SSSR count). The van der Waals surface area contributed by atoms with Crippen LogP contribution in [0.2, 0.25) is 0 Å². The smallest absolute Gasteiger partial charge is 0.0938 e. The highest BCUT2D eigenvalue weighted by Crippen LogP contribution is 2.27. The summed E-state index contributed by atoms with van der Waals surface area (Å²) in [5.41, 5.74) is 3.84. The van der Waals surface area contributed by atoms with Gasteiger partial charge in [0.2, 0.25) is 0 Å². The molecule has 0 atom stereocenters. The van der Waals surface area contributed by atoms with Crippen molar-refractivity contribution in [1.82, 2.24) is 0 Å². The van der Waals surface area contributed by atoms with Gasteiger partial charge in [0.05, 0.1) is 5.00 Å². The van der Waals surface area contributed by atoms with Gasteiger partial charge in [-0.1, -0.05) is 12.1 Å². The monoisotopic (exact) mass is 246 g/mol. The standard InChI is InChI=1S/C14H18N2S/c1-11-7-8-17-14(11)16(3)10-12-5-4-6-13(9-12)15-2/h4-9,15H,10H2,1-3H3. The summed E-state index contributed by atoms with van der Waals surface area (Å²) in [6.07, 6.45) is 0. The lowest BCUT2D eigenvalue weighted by Crippen LogP contribution is -2.15. The number of hydrogen-bond donors (Lipinski definition) is 1. The number of anilines is 2. The first-order chi connectivity index (χ1) is 8.20. The number of hydrogen-bond acceptors (Lipinski definition) is 3. The molecule has 0 aliphatic rings. The number of rotatable bonds is 4. The van der Waals surface area contributed by atoms with Crippen molar-refractivity contribution >= 4 is 22.0 Å². The van der Waals surface area contributed by atoms with E-state index in [1.807, 2.05) is 7.05 Å². The quantitative estimate of drug-likeness (QED) is 0.884. The minimum atomic E-state index is 0.941. The molecular weight excluding hydrogens is 228 g/mol. The van der Waals surface area contributed by atoms with Crippen LogP contribution in [-0.4, -0.2) is 14.1 Å². The Kier molecular flexibility index (Phi) is 3.69. The van der Waals surface area contributed by atoms with Gasteiger partial charge in [-0.15, -0.1) is 11.3 Å². The molecule has 1 aromatic carbocycles. The first-order valence-corrected chi connectivity index (χ1v) is 6.60. The molecule has 0 saturated carbocycles. The molecule has 0 bridgehead atoms. The first kappa shape index (κ1) is 12.0. The zero-order valence-electron chi connectivity index (χ0n) is 10.5. The zero-order chi connectivity index (χ0) is 12.3. The fourth-order valence-electron chi connectivity index (χ4n) is 1.93. The summed E-state index contributed by atoms with van der Waals surface area (Å²) in [6.45, 7) is 3.10. The Labute approximate surface area is 107 Å². The van der Waals surface area contributed by atoms with E-state index in [9.17, 15) is 0 Å². The Morgan fingerprint density at radius 2 is 2.12 bits per heavy atom. The van der Waals surface area contributed by atoms with Crippen LogP contribution in [0.4, 0.5) is 10.7 Å². The van der Waals surface area contributed by atoms with Crippen LogP contribution < -0.4 is 10.2 Å². The van der Waals surface area contributed by atoms with E-state index in [1.54, 1.807) is 11.3 Å². The van der Waals surface area contributed by atoms with E-state index in [0.29, 0.717) is 0 Å². The SMILES string of the molecule is CNc1cccc(CN(C)c2sccc2C)c1. The van der Waals surface area contributed by atoms with Crippen LogP contribution in [0.1, 0.15) is 11.1 Å². The Hall–Kier alpha value is -1.48. The second-order valence-electron chi connectivity index (χ2n) is 4.22. The van der Waals surface area contributed by atoms with Gasteiger partial charge in [-0.3, -0.25) is 0 Å². The average Bonchev–Trinajstić information content (AvgIpc) is 2.76. The predicted molar refractivity (Wildman–Crippen MR) is 77.2 cm³/mol. The molecule has 0 aliphatic heterocycles. The van der Waals surface area contributed by atoms with Gasteiger partial charge in [0.25, 0.3) is 0 Å². The maximum atomic E-state index is 3.17. The molecule has 1 N–H and O–H groups in total. The highest BCUT2D eigenvalue weighted by molar-refractivity contribution is 7.14. The topological polar surface area (TPSA) is 15.3 Å². The summed E-state index contributed by atoms with van der Waals surface area (Å²) in [4.78, 5) is 2.30. The number of benzene rings is 1. The molecule has 3 heteroatoms. The molecule has 0 aliphatic carbocycles. The molecule has 0 amide bonds. The Morgan fingerprint density at radius 1 is 1.29 bits per heavy atom. The minimum Gasteiger partial charge on any atom is -0.388 e. The van der Waals surface area contributed by atoms with Crippen LogP contribution >= 0.6 is 11.3 Å². The van der Waals surface area contributed by atoms with Crippen LogP contribution in [0.5, 0.6) is 0 Å². The summed E-state index contributed by atoms with van der Waals surface area (Å²) in [5.74, 6) is 0. The van der Waals surface area contributed by atoms with E-state index in [2.05, 4.69) is 59.9 Å². The summed E-state index contributed by atoms with van der Waals surface area (Å²) >= 11 is 1.80. The van der Waals surface area contributed by atoms with Crippen molar-refractivity contribution in [1.29, 1.82) is 0 Å². The summed E-state index contributed by atoms with van der Waals surface area (Å²) in [7, 11) is 4.09. The third-order valence-corrected chi connectivity index (χ3v) is 3.95. The van der Waals surface area contributed by atoms with E-state index in [0.717, 1.165) is 6.54 Å². The fourth-order valence-corrected chi connectivity index (χ4v) is 2.83. The Bertz CT molecular complexity index is 490. The van der Waals surface area contributed by atoms with Crippen molar-refractivity contribution in [2.24, 2.45) is 0 Å². The van der Waals surface area contributed by atoms with Gasteiger partial charge in [-0.2, -0.15) is 0 Å². The maximum Gasteiger partial charge on any atom is 0.0938 e. The Balaban J connectivity index is 2.13. The normalized spacial score (nSPS) is 10.3. The molecule has 0 saturated heterocycles. The highest BCUT2D eigenvalue weighted by Gasteiger charge is 2.06. The molecule has 90 valence electrons. The second-order valence-corrected chi connectivity index (χ2v) is 5.11. The van der Waals surface area contributed by atoms with E-state index < -0.39 is 0 Å². The van der Waals surface area contributed by atoms with Crippen molar-refractivity contribution < 1.29 is 0 Å². The number of thiophene rings is 1. The summed E-state index contributed by atoms with van der Waals surface area (Å²) in [5, 5.41) is 6.66.